The van der Waals surface area contributed by atoms with Gasteiger partial charge in [0.15, 0.2) is 5.16 Å². The quantitative estimate of drug-likeness (QED) is 0.688. The van der Waals surface area contributed by atoms with E-state index >= 15 is 0 Å². The van der Waals surface area contributed by atoms with Crippen LogP contribution in [0.25, 0.3) is 11.0 Å². The molecule has 0 saturated carbocycles. The number of nitrogens with two attached hydrogens (primary N) is 1. The fourth-order valence-electron chi connectivity index (χ4n) is 1.57. The first-order valence-corrected chi connectivity index (χ1v) is 6.76. The minimum atomic E-state index is -0.429. The molecule has 1 aromatic heterocycles. The summed E-state index contributed by atoms with van der Waals surface area (Å²) in [5.41, 5.74) is 7.22. The van der Waals surface area contributed by atoms with Crippen LogP contribution in [0.1, 0.15) is 6.42 Å². The van der Waals surface area contributed by atoms with Gasteiger partial charge >= 0.3 is 0 Å². The van der Waals surface area contributed by atoms with Crippen LogP contribution in [0.3, 0.4) is 0 Å². The van der Waals surface area contributed by atoms with Gasteiger partial charge in [-0.05, 0) is 18.6 Å². The van der Waals surface area contributed by atoms with Crippen molar-refractivity contribution in [3.8, 4) is 5.75 Å². The standard InChI is InChI=1S/C12H17N3O2S/c1-17-9-2-3-10-11(6-9)15-12(14-10)18-5-4-8(16)7-13/h2-3,6,8,16H,4-5,7,13H2,1H3,(H,14,15). The lowest BCUT2D eigenvalue weighted by Crippen LogP contribution is -2.20. The summed E-state index contributed by atoms with van der Waals surface area (Å²) >= 11 is 1.58. The summed E-state index contributed by atoms with van der Waals surface area (Å²) in [6.07, 6.45) is 0.239. The highest BCUT2D eigenvalue weighted by molar-refractivity contribution is 7.99. The number of hydrogen-bond donors (Lipinski definition) is 3. The van der Waals surface area contributed by atoms with Crippen LogP contribution in [-0.2, 0) is 0 Å². The Morgan fingerprint density at radius 2 is 2.39 bits per heavy atom. The van der Waals surface area contributed by atoms with Gasteiger partial charge in [0.25, 0.3) is 0 Å². The summed E-state index contributed by atoms with van der Waals surface area (Å²) in [5.74, 6) is 1.59. The highest BCUT2D eigenvalue weighted by atomic mass is 32.2. The Kier molecular flexibility index (Phi) is 4.46. The van der Waals surface area contributed by atoms with Crippen LogP contribution in [-0.4, -0.2) is 40.6 Å². The fraction of sp³-hybridized carbons (Fsp3) is 0.417. The molecule has 6 heteroatoms. The maximum atomic E-state index is 9.36. The lowest BCUT2D eigenvalue weighted by Gasteiger charge is -2.04. The van der Waals surface area contributed by atoms with E-state index in [2.05, 4.69) is 9.97 Å². The molecule has 0 radical (unpaired) electrons. The van der Waals surface area contributed by atoms with Gasteiger partial charge < -0.3 is 20.6 Å². The van der Waals surface area contributed by atoms with E-state index in [-0.39, 0.29) is 0 Å². The zero-order valence-electron chi connectivity index (χ0n) is 10.2. The highest BCUT2D eigenvalue weighted by Gasteiger charge is 2.06. The molecule has 0 fully saturated rings. The summed E-state index contributed by atoms with van der Waals surface area (Å²) in [5, 5.41) is 10.2. The van der Waals surface area contributed by atoms with E-state index in [1.54, 1.807) is 18.9 Å². The van der Waals surface area contributed by atoms with Gasteiger partial charge in [0.1, 0.15) is 5.75 Å². The SMILES string of the molecule is COc1ccc2nc(SCCC(O)CN)[nH]c2c1. The van der Waals surface area contributed by atoms with Crippen molar-refractivity contribution < 1.29 is 9.84 Å². The molecule has 1 unspecified atom stereocenters. The van der Waals surface area contributed by atoms with Crippen molar-refractivity contribution in [2.45, 2.75) is 17.7 Å². The zero-order valence-corrected chi connectivity index (χ0v) is 11.0. The first-order valence-electron chi connectivity index (χ1n) is 5.77. The third-order valence-corrected chi connectivity index (χ3v) is 3.54. The lowest BCUT2D eigenvalue weighted by molar-refractivity contribution is 0.180. The van der Waals surface area contributed by atoms with Crippen molar-refractivity contribution >= 4 is 22.8 Å². The number of imidazole rings is 1. The van der Waals surface area contributed by atoms with Crippen molar-refractivity contribution in [3.05, 3.63) is 18.2 Å². The number of aromatic amines is 1. The molecule has 1 aromatic carbocycles. The average molecular weight is 267 g/mol. The molecule has 98 valence electrons. The number of rotatable bonds is 6. The van der Waals surface area contributed by atoms with Gasteiger partial charge in [-0.1, -0.05) is 11.8 Å². The smallest absolute Gasteiger partial charge is 0.166 e. The van der Waals surface area contributed by atoms with Crippen molar-refractivity contribution in [2.24, 2.45) is 5.73 Å². The maximum Gasteiger partial charge on any atom is 0.166 e. The number of fused-ring (bicyclic) bond motifs is 1. The van der Waals surface area contributed by atoms with Crippen molar-refractivity contribution in [2.75, 3.05) is 19.4 Å². The normalized spacial score (nSPS) is 12.8. The monoisotopic (exact) mass is 267 g/mol. The molecule has 0 spiro atoms. The second kappa shape index (κ2) is 6.08. The first kappa shape index (κ1) is 13.2. The van der Waals surface area contributed by atoms with Crippen molar-refractivity contribution in [1.29, 1.82) is 0 Å². The summed E-state index contributed by atoms with van der Waals surface area (Å²) < 4.78 is 5.16. The number of benzene rings is 1. The van der Waals surface area contributed by atoms with Gasteiger partial charge in [-0.25, -0.2) is 4.98 Å². The van der Waals surface area contributed by atoms with E-state index in [0.717, 1.165) is 27.7 Å². The van der Waals surface area contributed by atoms with Gasteiger partial charge in [0.05, 0.1) is 24.2 Å². The number of aliphatic hydroxyl groups excluding tert-OH is 1. The van der Waals surface area contributed by atoms with E-state index in [4.69, 9.17) is 10.5 Å². The van der Waals surface area contributed by atoms with Crippen LogP contribution < -0.4 is 10.5 Å². The Morgan fingerprint density at radius 3 is 3.11 bits per heavy atom. The number of ether oxygens (including phenoxy) is 1. The number of hydrogen-bond acceptors (Lipinski definition) is 5. The first-order chi connectivity index (χ1) is 8.72. The molecule has 0 aliphatic carbocycles. The van der Waals surface area contributed by atoms with Crippen molar-refractivity contribution in [3.63, 3.8) is 0 Å². The van der Waals surface area contributed by atoms with E-state index in [9.17, 15) is 5.11 Å². The number of methoxy groups -OCH3 is 1. The Balaban J connectivity index is 2.01. The summed E-state index contributed by atoms with van der Waals surface area (Å²) in [6.45, 7) is 0.303. The fourth-order valence-corrected chi connectivity index (χ4v) is 2.50. The minimum absolute atomic E-state index is 0.303. The average Bonchev–Trinajstić information content (AvgIpc) is 2.79. The van der Waals surface area contributed by atoms with Crippen LogP contribution in [0.4, 0.5) is 0 Å². The number of H-pyrrole nitrogens is 1. The zero-order chi connectivity index (χ0) is 13.0. The molecule has 4 N–H and O–H groups in total. The second-order valence-electron chi connectivity index (χ2n) is 3.95. The van der Waals surface area contributed by atoms with Gasteiger partial charge in [0, 0.05) is 18.4 Å². The van der Waals surface area contributed by atoms with E-state index < -0.39 is 6.10 Å². The highest BCUT2D eigenvalue weighted by Crippen LogP contribution is 2.23. The van der Waals surface area contributed by atoms with Crippen LogP contribution in [0.15, 0.2) is 23.4 Å². The summed E-state index contributed by atoms with van der Waals surface area (Å²) in [6, 6.07) is 5.72. The predicted octanol–water partition coefficient (Wildman–Crippen LogP) is 1.37. The van der Waals surface area contributed by atoms with Gasteiger partial charge in [-0.15, -0.1) is 0 Å². The van der Waals surface area contributed by atoms with Gasteiger partial charge in [-0.2, -0.15) is 0 Å². The Labute approximate surface area is 110 Å². The van der Waals surface area contributed by atoms with Crippen LogP contribution in [0, 0.1) is 0 Å². The van der Waals surface area contributed by atoms with E-state index in [1.807, 2.05) is 18.2 Å². The number of nitrogens with one attached hydrogen (secondary N) is 1. The number of aliphatic hydroxyl groups is 1. The van der Waals surface area contributed by atoms with E-state index in [1.165, 1.54) is 0 Å². The number of thioether (sulfide) groups is 1. The molecule has 0 amide bonds. The Morgan fingerprint density at radius 1 is 1.56 bits per heavy atom. The topological polar surface area (TPSA) is 84.2 Å². The van der Waals surface area contributed by atoms with Crippen LogP contribution in [0.5, 0.6) is 5.75 Å². The maximum absolute atomic E-state index is 9.36. The predicted molar refractivity (Wildman–Crippen MR) is 73.0 cm³/mol. The van der Waals surface area contributed by atoms with Gasteiger partial charge in [-0.3, -0.25) is 0 Å². The Bertz CT molecular complexity index is 515. The molecule has 2 aromatic rings. The van der Waals surface area contributed by atoms with Crippen molar-refractivity contribution in [1.82, 2.24) is 9.97 Å². The lowest BCUT2D eigenvalue weighted by atomic mass is 10.3. The third-order valence-electron chi connectivity index (χ3n) is 2.63. The molecule has 1 heterocycles. The van der Waals surface area contributed by atoms with Gasteiger partial charge in [0.2, 0.25) is 0 Å². The molecular weight excluding hydrogens is 250 g/mol. The van der Waals surface area contributed by atoms with E-state index in [0.29, 0.717) is 13.0 Å². The molecule has 0 aliphatic rings. The largest absolute Gasteiger partial charge is 0.497 e. The molecule has 2 rings (SSSR count). The Hall–Kier alpha value is -1.24. The second-order valence-corrected chi connectivity index (χ2v) is 5.04. The molecule has 0 saturated heterocycles. The van der Waals surface area contributed by atoms with Crippen LogP contribution in [0.2, 0.25) is 0 Å². The molecule has 0 aliphatic heterocycles. The summed E-state index contributed by atoms with van der Waals surface area (Å²) in [4.78, 5) is 7.67. The molecular formula is C12H17N3O2S. The van der Waals surface area contributed by atoms with Crippen LogP contribution >= 0.6 is 11.8 Å². The molecule has 18 heavy (non-hydrogen) atoms. The number of nitrogens with zero attached hydrogens (tertiary/aromatic N) is 1. The summed E-state index contributed by atoms with van der Waals surface area (Å²) in [7, 11) is 1.64. The molecule has 1 atom stereocenters. The molecule has 0 bridgehead atoms. The number of aromatic nitrogens is 2. The minimum Gasteiger partial charge on any atom is -0.497 e. The third kappa shape index (κ3) is 3.16. The molecule has 5 nitrogen and oxygen atoms in total.